The van der Waals surface area contributed by atoms with Crippen LogP contribution in [0.15, 0.2) is 0 Å². The Kier molecular flexibility index (Phi) is 3.46. The Balaban J connectivity index is 3.35. The number of nitrogens with zero attached hydrogens (tertiary/aromatic N) is 2. The van der Waals surface area contributed by atoms with Crippen molar-refractivity contribution in [1.82, 2.24) is 9.78 Å². The van der Waals surface area contributed by atoms with Crippen molar-refractivity contribution < 1.29 is 5.11 Å². The maximum absolute atomic E-state index is 9.32. The highest BCUT2D eigenvalue weighted by Crippen LogP contribution is 2.31. The first kappa shape index (κ1) is 12.5. The van der Waals surface area contributed by atoms with Crippen molar-refractivity contribution in [2.24, 2.45) is 0 Å². The van der Waals surface area contributed by atoms with Gasteiger partial charge in [-0.25, -0.2) is 0 Å². The molecule has 0 saturated heterocycles. The lowest BCUT2D eigenvalue weighted by atomic mass is 9.90. The molecule has 0 spiro atoms. The van der Waals surface area contributed by atoms with Gasteiger partial charge >= 0.3 is 0 Å². The van der Waals surface area contributed by atoms with Gasteiger partial charge in [0.05, 0.1) is 12.3 Å². The van der Waals surface area contributed by atoms with E-state index in [0.717, 1.165) is 11.3 Å². The van der Waals surface area contributed by atoms with Gasteiger partial charge in [0.1, 0.15) is 5.15 Å². The molecule has 0 radical (unpaired) electrons. The normalized spacial score (nSPS) is 12.5. The fraction of sp³-hybridized carbons (Fsp3) is 0.727. The lowest BCUT2D eigenvalue weighted by molar-refractivity contribution is 0.278. The molecule has 0 unspecified atom stereocenters. The Morgan fingerprint density at radius 2 is 1.93 bits per heavy atom. The van der Waals surface area contributed by atoms with E-state index in [0.29, 0.717) is 5.15 Å². The summed E-state index contributed by atoms with van der Waals surface area (Å²) in [6, 6.07) is 0.207. The van der Waals surface area contributed by atoms with Gasteiger partial charge in [0.2, 0.25) is 0 Å². The lowest BCUT2D eigenvalue weighted by Gasteiger charge is -2.16. The Hall–Kier alpha value is -0.540. The molecule has 0 saturated carbocycles. The minimum atomic E-state index is -0.0954. The van der Waals surface area contributed by atoms with E-state index in [9.17, 15) is 5.11 Å². The second kappa shape index (κ2) is 4.14. The molecule has 86 valence electrons. The van der Waals surface area contributed by atoms with E-state index in [1.165, 1.54) is 0 Å². The number of hydrogen-bond acceptors (Lipinski definition) is 2. The van der Waals surface area contributed by atoms with Crippen molar-refractivity contribution in [2.75, 3.05) is 0 Å². The molecular formula is C11H19ClN2O. The second-order valence-corrected chi connectivity index (χ2v) is 5.42. The number of rotatable bonds is 2. The van der Waals surface area contributed by atoms with E-state index in [-0.39, 0.29) is 18.1 Å². The maximum Gasteiger partial charge on any atom is 0.133 e. The van der Waals surface area contributed by atoms with Crippen LogP contribution >= 0.6 is 11.6 Å². The third-order valence-electron chi connectivity index (χ3n) is 2.30. The summed E-state index contributed by atoms with van der Waals surface area (Å²) < 4.78 is 1.76. The second-order valence-electron chi connectivity index (χ2n) is 5.06. The van der Waals surface area contributed by atoms with Crippen LogP contribution in [0.3, 0.4) is 0 Å². The van der Waals surface area contributed by atoms with E-state index in [1.807, 2.05) is 13.8 Å². The third-order valence-corrected chi connectivity index (χ3v) is 2.70. The van der Waals surface area contributed by atoms with Crippen LogP contribution in [-0.4, -0.2) is 14.9 Å². The number of hydrogen-bond donors (Lipinski definition) is 1. The van der Waals surface area contributed by atoms with Crippen LogP contribution in [0.25, 0.3) is 0 Å². The summed E-state index contributed by atoms with van der Waals surface area (Å²) in [7, 11) is 0. The maximum atomic E-state index is 9.32. The highest BCUT2D eigenvalue weighted by atomic mass is 35.5. The lowest BCUT2D eigenvalue weighted by Crippen LogP contribution is -2.15. The minimum absolute atomic E-state index is 0.0574. The molecule has 0 atom stereocenters. The zero-order valence-corrected chi connectivity index (χ0v) is 10.8. The molecule has 0 aliphatic heterocycles. The van der Waals surface area contributed by atoms with E-state index >= 15 is 0 Å². The summed E-state index contributed by atoms with van der Waals surface area (Å²) in [5.41, 5.74) is 1.53. The first-order valence-electron chi connectivity index (χ1n) is 5.17. The van der Waals surface area contributed by atoms with E-state index in [4.69, 9.17) is 11.6 Å². The van der Waals surface area contributed by atoms with Gasteiger partial charge in [-0.1, -0.05) is 32.4 Å². The molecule has 0 bridgehead atoms. The van der Waals surface area contributed by atoms with Crippen LogP contribution in [0.1, 0.15) is 51.9 Å². The van der Waals surface area contributed by atoms with Gasteiger partial charge in [0, 0.05) is 17.0 Å². The van der Waals surface area contributed by atoms with Crippen molar-refractivity contribution in [3.05, 3.63) is 16.4 Å². The number of aromatic nitrogens is 2. The van der Waals surface area contributed by atoms with Crippen LogP contribution in [0.5, 0.6) is 0 Å². The molecule has 3 nitrogen and oxygen atoms in total. The molecule has 0 aliphatic carbocycles. The van der Waals surface area contributed by atoms with E-state index < -0.39 is 0 Å². The molecule has 4 heteroatoms. The number of aliphatic hydroxyl groups excluding tert-OH is 1. The average molecular weight is 231 g/mol. The molecule has 1 rings (SSSR count). The number of aliphatic hydroxyl groups is 1. The topological polar surface area (TPSA) is 38.0 Å². The molecule has 1 heterocycles. The van der Waals surface area contributed by atoms with Crippen molar-refractivity contribution in [3.8, 4) is 0 Å². The summed E-state index contributed by atoms with van der Waals surface area (Å²) in [5.74, 6) is 0. The summed E-state index contributed by atoms with van der Waals surface area (Å²) in [6.45, 7) is 10.2. The molecule has 0 fully saturated rings. The monoisotopic (exact) mass is 230 g/mol. The summed E-state index contributed by atoms with van der Waals surface area (Å²) >= 11 is 6.17. The fourth-order valence-corrected chi connectivity index (χ4v) is 1.92. The first-order chi connectivity index (χ1) is 6.79. The van der Waals surface area contributed by atoms with Crippen molar-refractivity contribution in [2.45, 2.75) is 52.7 Å². The predicted octanol–water partition coefficient (Wildman–Crippen LogP) is 2.91. The van der Waals surface area contributed by atoms with Crippen LogP contribution in [0.2, 0.25) is 5.15 Å². The van der Waals surface area contributed by atoms with Crippen LogP contribution in [0.4, 0.5) is 0 Å². The zero-order chi connectivity index (χ0) is 11.8. The van der Waals surface area contributed by atoms with Gasteiger partial charge in [-0.3, -0.25) is 4.68 Å². The van der Waals surface area contributed by atoms with Gasteiger partial charge in [-0.2, -0.15) is 5.10 Å². The van der Waals surface area contributed by atoms with Crippen molar-refractivity contribution in [1.29, 1.82) is 0 Å². The zero-order valence-electron chi connectivity index (χ0n) is 10.0. The minimum Gasteiger partial charge on any atom is -0.391 e. The highest BCUT2D eigenvalue weighted by molar-refractivity contribution is 6.30. The molecular weight excluding hydrogens is 212 g/mol. The predicted molar refractivity (Wildman–Crippen MR) is 62.2 cm³/mol. The fourth-order valence-electron chi connectivity index (χ4n) is 1.53. The summed E-state index contributed by atoms with van der Waals surface area (Å²) in [6.07, 6.45) is 0. The standard InChI is InChI=1S/C11H19ClN2O/c1-7(2)14-10(12)8(6-15)9(13-14)11(3,4)5/h7,15H,6H2,1-5H3. The van der Waals surface area contributed by atoms with Gasteiger partial charge in [-0.15, -0.1) is 0 Å². The van der Waals surface area contributed by atoms with Crippen molar-refractivity contribution >= 4 is 11.6 Å². The van der Waals surface area contributed by atoms with E-state index in [2.05, 4.69) is 25.9 Å². The smallest absolute Gasteiger partial charge is 0.133 e. The van der Waals surface area contributed by atoms with Crippen LogP contribution in [0, 0.1) is 0 Å². The molecule has 1 aromatic heterocycles. The Labute approximate surface area is 96.1 Å². The van der Waals surface area contributed by atoms with E-state index in [1.54, 1.807) is 4.68 Å². The first-order valence-corrected chi connectivity index (χ1v) is 5.55. The van der Waals surface area contributed by atoms with Gasteiger partial charge in [0.15, 0.2) is 0 Å². The Morgan fingerprint density at radius 1 is 1.40 bits per heavy atom. The van der Waals surface area contributed by atoms with Crippen LogP contribution in [-0.2, 0) is 12.0 Å². The van der Waals surface area contributed by atoms with Gasteiger partial charge in [-0.05, 0) is 13.8 Å². The summed E-state index contributed by atoms with van der Waals surface area (Å²) in [5, 5.41) is 14.3. The van der Waals surface area contributed by atoms with Crippen LogP contribution < -0.4 is 0 Å². The Morgan fingerprint density at radius 3 is 2.20 bits per heavy atom. The molecule has 0 aliphatic rings. The third kappa shape index (κ3) is 2.34. The van der Waals surface area contributed by atoms with Crippen molar-refractivity contribution in [3.63, 3.8) is 0 Å². The van der Waals surface area contributed by atoms with Gasteiger partial charge < -0.3 is 5.11 Å². The molecule has 1 aromatic rings. The molecule has 15 heavy (non-hydrogen) atoms. The number of halogens is 1. The quantitative estimate of drug-likeness (QED) is 0.849. The Bertz CT molecular complexity index is 350. The molecule has 0 amide bonds. The summed E-state index contributed by atoms with van der Waals surface area (Å²) in [4.78, 5) is 0. The SMILES string of the molecule is CC(C)n1nc(C(C)(C)C)c(CO)c1Cl. The molecule has 1 N–H and O–H groups in total. The molecule has 0 aromatic carbocycles. The highest BCUT2D eigenvalue weighted by Gasteiger charge is 2.26. The largest absolute Gasteiger partial charge is 0.391 e. The van der Waals surface area contributed by atoms with Gasteiger partial charge in [0.25, 0.3) is 0 Å². The average Bonchev–Trinajstić information content (AvgIpc) is 2.41.